The maximum absolute atomic E-state index is 5.71. The smallest absolute Gasteiger partial charge is 0.0702 e. The Morgan fingerprint density at radius 1 is 0.929 bits per heavy atom. The fourth-order valence-electron chi connectivity index (χ4n) is 1.27. The number of rotatable bonds is 1. The van der Waals surface area contributed by atoms with Gasteiger partial charge in [0.2, 0.25) is 0 Å². The van der Waals surface area contributed by atoms with Crippen molar-refractivity contribution in [2.45, 2.75) is 0 Å². The summed E-state index contributed by atoms with van der Waals surface area (Å²) in [6.45, 7) is 0. The van der Waals surface area contributed by atoms with Gasteiger partial charge in [-0.15, -0.1) is 0 Å². The van der Waals surface area contributed by atoms with Crippen molar-refractivity contribution in [3.8, 4) is 11.3 Å². The zero-order valence-corrected chi connectivity index (χ0v) is 7.64. The normalized spacial score (nSPS) is 10.0. The minimum atomic E-state index is 0.591. The summed E-state index contributed by atoms with van der Waals surface area (Å²) in [5.74, 6) is 0. The second-order valence-corrected chi connectivity index (χ2v) is 3.06. The molecule has 0 saturated carbocycles. The third-order valence-electron chi connectivity index (χ3n) is 2.05. The molecule has 2 rings (SSSR count). The average molecular weight is 185 g/mol. The first-order chi connectivity index (χ1) is 6.77. The summed E-state index contributed by atoms with van der Waals surface area (Å²) in [4.78, 5) is 4.22. The van der Waals surface area contributed by atoms with Crippen LogP contribution in [0.15, 0.2) is 42.6 Å². The number of nitrogen functional groups attached to an aromatic ring is 2. The Labute approximate surface area is 82.4 Å². The lowest BCUT2D eigenvalue weighted by Gasteiger charge is -2.03. The molecule has 0 amide bonds. The van der Waals surface area contributed by atoms with Crippen LogP contribution in [0.2, 0.25) is 0 Å². The van der Waals surface area contributed by atoms with Gasteiger partial charge in [-0.3, -0.25) is 4.98 Å². The molecule has 14 heavy (non-hydrogen) atoms. The van der Waals surface area contributed by atoms with Crippen molar-refractivity contribution in [2.75, 3.05) is 11.5 Å². The second-order valence-electron chi connectivity index (χ2n) is 3.06. The standard InChI is InChI=1S/C11H11N3/c12-9-5-4-8(7-10(9)13)11-3-1-2-6-14-11/h1-7H,12-13H2. The molecule has 0 atom stereocenters. The fraction of sp³-hybridized carbons (Fsp3) is 0. The summed E-state index contributed by atoms with van der Waals surface area (Å²) in [7, 11) is 0. The number of nitrogens with zero attached hydrogens (tertiary/aromatic N) is 1. The number of pyridine rings is 1. The average Bonchev–Trinajstić information content (AvgIpc) is 2.23. The van der Waals surface area contributed by atoms with Crippen molar-refractivity contribution in [1.82, 2.24) is 4.98 Å². The van der Waals surface area contributed by atoms with Crippen LogP contribution in [0.1, 0.15) is 0 Å². The Balaban J connectivity index is 2.48. The predicted molar refractivity (Wildman–Crippen MR) is 58.5 cm³/mol. The summed E-state index contributed by atoms with van der Waals surface area (Å²) < 4.78 is 0. The van der Waals surface area contributed by atoms with Gasteiger partial charge >= 0.3 is 0 Å². The van der Waals surface area contributed by atoms with E-state index in [0.717, 1.165) is 11.3 Å². The molecule has 70 valence electrons. The summed E-state index contributed by atoms with van der Waals surface area (Å²) in [6.07, 6.45) is 1.75. The maximum Gasteiger partial charge on any atom is 0.0702 e. The Bertz CT molecular complexity index is 438. The molecule has 0 aliphatic rings. The molecule has 4 N–H and O–H groups in total. The minimum absolute atomic E-state index is 0.591. The van der Waals surface area contributed by atoms with E-state index in [9.17, 15) is 0 Å². The molecule has 1 heterocycles. The molecule has 3 heteroatoms. The van der Waals surface area contributed by atoms with Crippen molar-refractivity contribution in [3.63, 3.8) is 0 Å². The van der Waals surface area contributed by atoms with Gasteiger partial charge in [-0.05, 0) is 24.3 Å². The number of hydrogen-bond acceptors (Lipinski definition) is 3. The van der Waals surface area contributed by atoms with Crippen LogP contribution in [0.3, 0.4) is 0 Å². The first-order valence-corrected chi connectivity index (χ1v) is 4.34. The molecule has 0 saturated heterocycles. The summed E-state index contributed by atoms with van der Waals surface area (Å²) >= 11 is 0. The summed E-state index contributed by atoms with van der Waals surface area (Å²) in [6, 6.07) is 11.3. The molecule has 3 nitrogen and oxygen atoms in total. The number of aromatic nitrogens is 1. The topological polar surface area (TPSA) is 64.9 Å². The van der Waals surface area contributed by atoms with Gasteiger partial charge in [0.15, 0.2) is 0 Å². The van der Waals surface area contributed by atoms with E-state index >= 15 is 0 Å². The number of anilines is 2. The van der Waals surface area contributed by atoms with Crippen LogP contribution in [0.4, 0.5) is 11.4 Å². The van der Waals surface area contributed by atoms with Gasteiger partial charge in [0.25, 0.3) is 0 Å². The molecule has 0 spiro atoms. The van der Waals surface area contributed by atoms with Crippen LogP contribution < -0.4 is 11.5 Å². The van der Waals surface area contributed by atoms with Crippen molar-refractivity contribution in [2.24, 2.45) is 0 Å². The predicted octanol–water partition coefficient (Wildman–Crippen LogP) is 1.91. The van der Waals surface area contributed by atoms with Crippen LogP contribution in [-0.4, -0.2) is 4.98 Å². The van der Waals surface area contributed by atoms with E-state index in [1.54, 1.807) is 12.3 Å². The van der Waals surface area contributed by atoms with Gasteiger partial charge in [-0.1, -0.05) is 12.1 Å². The molecule has 0 unspecified atom stereocenters. The fourth-order valence-corrected chi connectivity index (χ4v) is 1.27. The van der Waals surface area contributed by atoms with Crippen LogP contribution in [0.5, 0.6) is 0 Å². The largest absolute Gasteiger partial charge is 0.397 e. The van der Waals surface area contributed by atoms with E-state index < -0.39 is 0 Å². The highest BCUT2D eigenvalue weighted by Crippen LogP contribution is 2.23. The highest BCUT2D eigenvalue weighted by molar-refractivity contribution is 5.72. The molecule has 0 fully saturated rings. The van der Waals surface area contributed by atoms with Crippen LogP contribution in [0, 0.1) is 0 Å². The van der Waals surface area contributed by atoms with E-state index in [0.29, 0.717) is 11.4 Å². The third-order valence-corrected chi connectivity index (χ3v) is 2.05. The zero-order chi connectivity index (χ0) is 9.97. The molecular formula is C11H11N3. The van der Waals surface area contributed by atoms with Crippen LogP contribution >= 0.6 is 0 Å². The Morgan fingerprint density at radius 3 is 2.43 bits per heavy atom. The van der Waals surface area contributed by atoms with Crippen molar-refractivity contribution >= 4 is 11.4 Å². The Hall–Kier alpha value is -2.03. The van der Waals surface area contributed by atoms with E-state index in [2.05, 4.69) is 4.98 Å². The first-order valence-electron chi connectivity index (χ1n) is 4.34. The molecular weight excluding hydrogens is 174 g/mol. The first kappa shape index (κ1) is 8.56. The van der Waals surface area contributed by atoms with Gasteiger partial charge in [0, 0.05) is 11.8 Å². The van der Waals surface area contributed by atoms with E-state index in [4.69, 9.17) is 11.5 Å². The van der Waals surface area contributed by atoms with Crippen LogP contribution in [-0.2, 0) is 0 Å². The number of benzene rings is 1. The third kappa shape index (κ3) is 1.52. The monoisotopic (exact) mass is 185 g/mol. The van der Waals surface area contributed by atoms with Crippen LogP contribution in [0.25, 0.3) is 11.3 Å². The van der Waals surface area contributed by atoms with E-state index in [1.807, 2.05) is 30.3 Å². The maximum atomic E-state index is 5.71. The van der Waals surface area contributed by atoms with Crippen molar-refractivity contribution in [1.29, 1.82) is 0 Å². The van der Waals surface area contributed by atoms with Gasteiger partial charge in [-0.25, -0.2) is 0 Å². The van der Waals surface area contributed by atoms with Gasteiger partial charge in [0.05, 0.1) is 17.1 Å². The number of nitrogens with two attached hydrogens (primary N) is 2. The molecule has 1 aromatic heterocycles. The zero-order valence-electron chi connectivity index (χ0n) is 7.64. The number of hydrogen-bond donors (Lipinski definition) is 2. The lowest BCUT2D eigenvalue weighted by atomic mass is 10.1. The summed E-state index contributed by atoms with van der Waals surface area (Å²) in [5, 5.41) is 0. The van der Waals surface area contributed by atoms with Gasteiger partial charge in [0.1, 0.15) is 0 Å². The minimum Gasteiger partial charge on any atom is -0.397 e. The highest BCUT2D eigenvalue weighted by atomic mass is 14.7. The molecule has 0 aliphatic heterocycles. The lowest BCUT2D eigenvalue weighted by molar-refractivity contribution is 1.33. The molecule has 0 aliphatic carbocycles. The second kappa shape index (κ2) is 3.38. The van der Waals surface area contributed by atoms with Crippen molar-refractivity contribution in [3.05, 3.63) is 42.6 Å². The molecule has 1 aromatic carbocycles. The quantitative estimate of drug-likeness (QED) is 0.667. The molecule has 2 aromatic rings. The summed E-state index contributed by atoms with van der Waals surface area (Å²) in [5.41, 5.74) is 14.4. The van der Waals surface area contributed by atoms with Gasteiger partial charge < -0.3 is 11.5 Å². The lowest BCUT2D eigenvalue weighted by Crippen LogP contribution is -1.94. The van der Waals surface area contributed by atoms with Crippen molar-refractivity contribution < 1.29 is 0 Å². The Kier molecular flexibility index (Phi) is 2.07. The van der Waals surface area contributed by atoms with E-state index in [1.165, 1.54) is 0 Å². The Morgan fingerprint density at radius 2 is 1.79 bits per heavy atom. The highest BCUT2D eigenvalue weighted by Gasteiger charge is 2.00. The van der Waals surface area contributed by atoms with E-state index in [-0.39, 0.29) is 0 Å². The van der Waals surface area contributed by atoms with Gasteiger partial charge in [-0.2, -0.15) is 0 Å². The molecule has 0 radical (unpaired) electrons. The molecule has 0 bridgehead atoms. The SMILES string of the molecule is Nc1ccc(-c2ccccn2)cc1N.